The summed E-state index contributed by atoms with van der Waals surface area (Å²) in [6, 6.07) is 7.08. The molecule has 1 unspecified atom stereocenters. The van der Waals surface area contributed by atoms with Gasteiger partial charge in [-0.1, -0.05) is 17.3 Å². The second-order valence-electron chi connectivity index (χ2n) is 6.68. The topological polar surface area (TPSA) is 132 Å². The summed E-state index contributed by atoms with van der Waals surface area (Å²) in [5.41, 5.74) is 1.24. The van der Waals surface area contributed by atoms with E-state index in [0.717, 1.165) is 0 Å². The first-order valence-corrected chi connectivity index (χ1v) is 8.90. The number of carbonyl (C=O) groups excluding carboxylic acids is 2. The van der Waals surface area contributed by atoms with E-state index in [4.69, 9.17) is 4.52 Å². The molecule has 0 bridgehead atoms. The fraction of sp³-hybridized carbons (Fsp3) is 0.222. The minimum Gasteiger partial charge on any atom is -0.339 e. The van der Waals surface area contributed by atoms with Crippen molar-refractivity contribution >= 4 is 18.0 Å². The molecule has 0 N–H and O–H groups in total. The van der Waals surface area contributed by atoms with E-state index in [1.165, 1.54) is 17.2 Å². The minimum absolute atomic E-state index is 0.0610. The number of dihydropyridines is 1. The van der Waals surface area contributed by atoms with Crippen molar-refractivity contribution < 1.29 is 14.1 Å². The summed E-state index contributed by atoms with van der Waals surface area (Å²) in [6.45, 7) is 0.921. The molecule has 5 rings (SSSR count). The summed E-state index contributed by atoms with van der Waals surface area (Å²) < 4.78 is 6.80. The maximum atomic E-state index is 12.7. The molecule has 1 aromatic carbocycles. The Hall–Kier alpha value is -4.02. The van der Waals surface area contributed by atoms with Gasteiger partial charge in [0.25, 0.3) is 11.8 Å². The zero-order chi connectivity index (χ0) is 19.8. The van der Waals surface area contributed by atoms with E-state index in [1.54, 1.807) is 35.3 Å². The maximum absolute atomic E-state index is 12.7. The highest BCUT2D eigenvalue weighted by molar-refractivity contribution is 5.97. The zero-order valence-electron chi connectivity index (χ0n) is 15.0. The van der Waals surface area contributed by atoms with E-state index >= 15 is 0 Å². The summed E-state index contributed by atoms with van der Waals surface area (Å²) in [5, 5.41) is 14.9. The lowest BCUT2D eigenvalue weighted by atomic mass is 9.98. The van der Waals surface area contributed by atoms with Crippen molar-refractivity contribution in [3.05, 3.63) is 60.0 Å². The molecule has 11 nitrogen and oxygen atoms in total. The van der Waals surface area contributed by atoms with Crippen LogP contribution in [0.25, 0.3) is 5.69 Å². The average molecular weight is 390 g/mol. The van der Waals surface area contributed by atoms with E-state index in [9.17, 15) is 9.59 Å². The van der Waals surface area contributed by atoms with Gasteiger partial charge in [0.2, 0.25) is 5.89 Å². The first-order valence-electron chi connectivity index (χ1n) is 8.90. The third kappa shape index (κ3) is 3.12. The Kier molecular flexibility index (Phi) is 4.04. The molecular weight excluding hydrogens is 376 g/mol. The SMILES string of the molecule is O=C1N=CC=CC1c1noc(C2CN(C(=O)c3cccc(-n4cnnn4)c3)C2)n1. The Bertz CT molecular complexity index is 1130. The molecule has 11 heteroatoms. The number of nitrogens with zero attached hydrogens (tertiary/aromatic N) is 8. The van der Waals surface area contributed by atoms with Crippen molar-refractivity contribution in [2.75, 3.05) is 13.1 Å². The van der Waals surface area contributed by atoms with Gasteiger partial charge < -0.3 is 9.42 Å². The average Bonchev–Trinajstić information content (AvgIpc) is 3.40. The third-order valence-corrected chi connectivity index (χ3v) is 4.82. The monoisotopic (exact) mass is 390 g/mol. The van der Waals surface area contributed by atoms with Gasteiger partial charge in [-0.05, 0) is 34.7 Å². The summed E-state index contributed by atoms with van der Waals surface area (Å²) in [6.07, 6.45) is 6.26. The lowest BCUT2D eigenvalue weighted by molar-refractivity contribution is -0.118. The molecule has 0 aliphatic carbocycles. The first kappa shape index (κ1) is 17.1. The largest absolute Gasteiger partial charge is 0.339 e. The van der Waals surface area contributed by atoms with Crippen LogP contribution in [-0.4, -0.2) is 66.4 Å². The fourth-order valence-electron chi connectivity index (χ4n) is 3.22. The Labute approximate surface area is 163 Å². The fourth-order valence-corrected chi connectivity index (χ4v) is 3.22. The molecular formula is C18H14N8O3. The highest BCUT2D eigenvalue weighted by atomic mass is 16.5. The van der Waals surface area contributed by atoms with Gasteiger partial charge in [-0.2, -0.15) is 4.98 Å². The van der Waals surface area contributed by atoms with Crippen LogP contribution in [0.5, 0.6) is 0 Å². The van der Waals surface area contributed by atoms with Crippen molar-refractivity contribution in [1.82, 2.24) is 35.2 Å². The number of hydrogen-bond acceptors (Lipinski definition) is 8. The van der Waals surface area contributed by atoms with Gasteiger partial charge in [-0.25, -0.2) is 9.67 Å². The number of aromatic nitrogens is 6. The number of hydrogen-bond donors (Lipinski definition) is 0. The molecule has 0 radical (unpaired) electrons. The van der Waals surface area contributed by atoms with E-state index in [2.05, 4.69) is 30.7 Å². The minimum atomic E-state index is -0.621. The van der Waals surface area contributed by atoms with E-state index < -0.39 is 5.92 Å². The Morgan fingerprint density at radius 1 is 1.24 bits per heavy atom. The second-order valence-corrected chi connectivity index (χ2v) is 6.68. The van der Waals surface area contributed by atoms with Crippen LogP contribution in [0.4, 0.5) is 0 Å². The number of allylic oxidation sites excluding steroid dienone is 1. The summed E-state index contributed by atoms with van der Waals surface area (Å²) in [5.74, 6) is -0.402. The highest BCUT2D eigenvalue weighted by Crippen LogP contribution is 2.29. The molecule has 29 heavy (non-hydrogen) atoms. The Morgan fingerprint density at radius 3 is 2.93 bits per heavy atom. The van der Waals surface area contributed by atoms with Crippen LogP contribution in [0.1, 0.15) is 33.9 Å². The van der Waals surface area contributed by atoms with Crippen LogP contribution in [0, 0.1) is 0 Å². The number of likely N-dealkylation sites (tertiary alicyclic amines) is 1. The molecule has 4 heterocycles. The molecule has 0 spiro atoms. The number of carbonyl (C=O) groups is 2. The smallest absolute Gasteiger partial charge is 0.260 e. The highest BCUT2D eigenvalue weighted by Gasteiger charge is 2.37. The lowest BCUT2D eigenvalue weighted by Crippen LogP contribution is -2.48. The number of tetrazole rings is 1. The van der Waals surface area contributed by atoms with Gasteiger partial charge in [0, 0.05) is 24.9 Å². The number of amides is 2. The third-order valence-electron chi connectivity index (χ3n) is 4.82. The Morgan fingerprint density at radius 2 is 2.14 bits per heavy atom. The molecule has 1 fully saturated rings. The van der Waals surface area contributed by atoms with Gasteiger partial charge >= 0.3 is 0 Å². The molecule has 0 saturated carbocycles. The molecule has 2 aliphatic rings. The van der Waals surface area contributed by atoms with Crippen molar-refractivity contribution in [2.45, 2.75) is 11.8 Å². The molecule has 2 aromatic heterocycles. The summed E-state index contributed by atoms with van der Waals surface area (Å²) in [4.78, 5) is 34.3. The standard InChI is InChI=1S/C18H14N8O3/c27-16-14(5-2-6-19-16)15-21-17(29-22-15)12-8-25(9-12)18(28)11-3-1-4-13(7-11)26-10-20-23-24-26/h1-7,10,12,14H,8-9H2. The van der Waals surface area contributed by atoms with Crippen LogP contribution in [0.15, 0.2) is 52.3 Å². The maximum Gasteiger partial charge on any atom is 0.260 e. The number of benzene rings is 1. The van der Waals surface area contributed by atoms with Crippen molar-refractivity contribution in [3.8, 4) is 5.69 Å². The Balaban J connectivity index is 1.25. The molecule has 2 aliphatic heterocycles. The van der Waals surface area contributed by atoms with Gasteiger partial charge in [0.15, 0.2) is 5.82 Å². The molecule has 3 aromatic rings. The van der Waals surface area contributed by atoms with Crippen LogP contribution >= 0.6 is 0 Å². The quantitative estimate of drug-likeness (QED) is 0.630. The molecule has 1 saturated heterocycles. The van der Waals surface area contributed by atoms with Gasteiger partial charge in [-0.15, -0.1) is 5.10 Å². The number of aliphatic imine (C=N–C) groups is 1. The van der Waals surface area contributed by atoms with Crippen molar-refractivity contribution in [2.24, 2.45) is 4.99 Å². The van der Waals surface area contributed by atoms with Crippen molar-refractivity contribution in [3.63, 3.8) is 0 Å². The van der Waals surface area contributed by atoms with E-state index in [0.29, 0.717) is 30.2 Å². The summed E-state index contributed by atoms with van der Waals surface area (Å²) in [7, 11) is 0. The van der Waals surface area contributed by atoms with Gasteiger partial charge in [0.1, 0.15) is 12.2 Å². The van der Waals surface area contributed by atoms with Crippen LogP contribution in [0.2, 0.25) is 0 Å². The van der Waals surface area contributed by atoms with Crippen LogP contribution in [-0.2, 0) is 4.79 Å². The lowest BCUT2D eigenvalue weighted by Gasteiger charge is -2.37. The van der Waals surface area contributed by atoms with Crippen LogP contribution < -0.4 is 0 Å². The number of rotatable bonds is 4. The van der Waals surface area contributed by atoms with E-state index in [1.807, 2.05) is 6.07 Å². The van der Waals surface area contributed by atoms with Crippen molar-refractivity contribution in [1.29, 1.82) is 0 Å². The molecule has 144 valence electrons. The predicted molar refractivity (Wildman–Crippen MR) is 97.5 cm³/mol. The summed E-state index contributed by atoms with van der Waals surface area (Å²) >= 11 is 0. The molecule has 1 atom stereocenters. The molecule has 2 amide bonds. The normalized spacial score (nSPS) is 18.8. The second kappa shape index (κ2) is 6.86. The van der Waals surface area contributed by atoms with E-state index in [-0.39, 0.29) is 23.6 Å². The van der Waals surface area contributed by atoms with Crippen LogP contribution in [0.3, 0.4) is 0 Å². The predicted octanol–water partition coefficient (Wildman–Crippen LogP) is 0.536. The van der Waals surface area contributed by atoms with Gasteiger partial charge in [0.05, 0.1) is 11.6 Å². The first-order chi connectivity index (χ1) is 14.2. The zero-order valence-corrected chi connectivity index (χ0v) is 15.0. The van der Waals surface area contributed by atoms with Gasteiger partial charge in [-0.3, -0.25) is 9.59 Å².